The summed E-state index contributed by atoms with van der Waals surface area (Å²) in [5, 5.41) is 7.47. The minimum absolute atomic E-state index is 0.151. The maximum absolute atomic E-state index is 12.6. The Balaban J connectivity index is 1.29. The number of hydrogen-bond donors (Lipinski definition) is 1. The normalized spacial score (nSPS) is 19.8. The van der Waals surface area contributed by atoms with Crippen LogP contribution in [0.2, 0.25) is 0 Å². The van der Waals surface area contributed by atoms with Gasteiger partial charge in [-0.15, -0.1) is 22.7 Å². The Morgan fingerprint density at radius 3 is 2.65 bits per heavy atom. The van der Waals surface area contributed by atoms with Gasteiger partial charge in [-0.25, -0.2) is 0 Å². The minimum atomic E-state index is 0.151. The summed E-state index contributed by atoms with van der Waals surface area (Å²) in [5.74, 6) is 0.799. The zero-order valence-electron chi connectivity index (χ0n) is 13.2. The van der Waals surface area contributed by atoms with E-state index < -0.39 is 0 Å². The van der Waals surface area contributed by atoms with E-state index in [-0.39, 0.29) is 5.91 Å². The van der Waals surface area contributed by atoms with Gasteiger partial charge in [0.15, 0.2) is 0 Å². The van der Waals surface area contributed by atoms with Crippen LogP contribution in [0, 0.1) is 0 Å². The zero-order valence-corrected chi connectivity index (χ0v) is 14.8. The molecule has 3 heterocycles. The Hall–Kier alpha value is -1.17. The Morgan fingerprint density at radius 2 is 1.96 bits per heavy atom. The first kappa shape index (κ1) is 15.4. The van der Waals surface area contributed by atoms with E-state index in [1.54, 1.807) is 11.3 Å². The molecule has 1 aliphatic heterocycles. The number of carbonyl (C=O) groups excluding carboxylic acids is 1. The Kier molecular flexibility index (Phi) is 4.51. The Morgan fingerprint density at radius 1 is 1.13 bits per heavy atom. The fourth-order valence-electron chi connectivity index (χ4n) is 3.33. The molecule has 1 amide bonds. The van der Waals surface area contributed by atoms with Crippen LogP contribution in [-0.2, 0) is 6.54 Å². The lowest BCUT2D eigenvalue weighted by Gasteiger charge is -2.32. The van der Waals surface area contributed by atoms with E-state index in [0.29, 0.717) is 12.0 Å². The second kappa shape index (κ2) is 6.75. The molecule has 3 nitrogen and oxygen atoms in total. The van der Waals surface area contributed by atoms with Gasteiger partial charge in [-0.05, 0) is 60.1 Å². The SMILES string of the molecule is O=C(NC1CCN(Cc2cccs2)CC1)c1sccc1C1CC1. The highest BCUT2D eigenvalue weighted by Gasteiger charge is 2.30. The summed E-state index contributed by atoms with van der Waals surface area (Å²) in [6.45, 7) is 3.20. The van der Waals surface area contributed by atoms with Crippen molar-refractivity contribution in [2.75, 3.05) is 13.1 Å². The van der Waals surface area contributed by atoms with Crippen LogP contribution >= 0.6 is 22.7 Å². The maximum atomic E-state index is 12.6. The zero-order chi connectivity index (χ0) is 15.6. The highest BCUT2D eigenvalue weighted by atomic mass is 32.1. The van der Waals surface area contributed by atoms with Crippen molar-refractivity contribution in [2.24, 2.45) is 0 Å². The van der Waals surface area contributed by atoms with E-state index >= 15 is 0 Å². The summed E-state index contributed by atoms with van der Waals surface area (Å²) in [4.78, 5) is 17.4. The van der Waals surface area contributed by atoms with Gasteiger partial charge in [-0.2, -0.15) is 0 Å². The molecule has 0 unspecified atom stereocenters. The Labute approximate surface area is 145 Å². The molecule has 0 atom stereocenters. The van der Waals surface area contributed by atoms with Crippen molar-refractivity contribution in [1.29, 1.82) is 0 Å². The van der Waals surface area contributed by atoms with Crippen LogP contribution in [0.25, 0.3) is 0 Å². The summed E-state index contributed by atoms with van der Waals surface area (Å²) >= 11 is 3.42. The average molecular weight is 347 g/mol. The van der Waals surface area contributed by atoms with Gasteiger partial charge >= 0.3 is 0 Å². The van der Waals surface area contributed by atoms with Crippen molar-refractivity contribution in [2.45, 2.75) is 44.2 Å². The number of hydrogen-bond acceptors (Lipinski definition) is 4. The predicted octanol–water partition coefficient (Wildman–Crippen LogP) is 4.08. The minimum Gasteiger partial charge on any atom is -0.349 e. The lowest BCUT2D eigenvalue weighted by atomic mass is 10.0. The van der Waals surface area contributed by atoms with Crippen molar-refractivity contribution in [3.63, 3.8) is 0 Å². The van der Waals surface area contributed by atoms with Gasteiger partial charge in [-0.3, -0.25) is 9.69 Å². The standard InChI is InChI=1S/C18H22N2OS2/c21-18(17-16(7-11-23-17)13-3-4-13)19-14-5-8-20(9-6-14)12-15-2-1-10-22-15/h1-2,7,10-11,13-14H,3-6,8-9,12H2,(H,19,21). The molecule has 5 heteroatoms. The molecule has 4 rings (SSSR count). The fourth-order valence-corrected chi connectivity index (χ4v) is 4.96. The van der Waals surface area contributed by atoms with E-state index in [2.05, 4.69) is 39.2 Å². The van der Waals surface area contributed by atoms with Crippen molar-refractivity contribution < 1.29 is 4.79 Å². The largest absolute Gasteiger partial charge is 0.349 e. The van der Waals surface area contributed by atoms with Gasteiger partial charge in [0, 0.05) is 30.6 Å². The summed E-state index contributed by atoms with van der Waals surface area (Å²) in [6.07, 6.45) is 4.61. The van der Waals surface area contributed by atoms with Gasteiger partial charge in [0.1, 0.15) is 0 Å². The first-order chi connectivity index (χ1) is 11.3. The lowest BCUT2D eigenvalue weighted by molar-refractivity contribution is 0.0912. The molecule has 2 aromatic rings. The van der Waals surface area contributed by atoms with Crippen LogP contribution in [0.15, 0.2) is 29.0 Å². The van der Waals surface area contributed by atoms with E-state index in [1.807, 2.05) is 11.3 Å². The van der Waals surface area contributed by atoms with Gasteiger partial charge in [0.25, 0.3) is 5.91 Å². The van der Waals surface area contributed by atoms with Crippen LogP contribution in [0.1, 0.15) is 51.7 Å². The molecular formula is C18H22N2OS2. The Bertz CT molecular complexity index is 652. The third kappa shape index (κ3) is 3.67. The molecule has 2 aromatic heterocycles. The molecule has 1 saturated carbocycles. The maximum Gasteiger partial charge on any atom is 0.261 e. The molecule has 1 aliphatic carbocycles. The lowest BCUT2D eigenvalue weighted by Crippen LogP contribution is -2.44. The number of rotatable bonds is 5. The highest BCUT2D eigenvalue weighted by Crippen LogP contribution is 2.43. The molecule has 2 aliphatic rings. The second-order valence-corrected chi connectivity index (χ2v) is 8.53. The summed E-state index contributed by atoms with van der Waals surface area (Å²) in [5.41, 5.74) is 1.28. The first-order valence-electron chi connectivity index (χ1n) is 8.42. The molecule has 1 N–H and O–H groups in total. The fraction of sp³-hybridized carbons (Fsp3) is 0.500. The monoisotopic (exact) mass is 346 g/mol. The second-order valence-electron chi connectivity index (χ2n) is 6.58. The van der Waals surface area contributed by atoms with Gasteiger partial charge in [0.05, 0.1) is 4.88 Å². The third-order valence-electron chi connectivity index (χ3n) is 4.80. The number of likely N-dealkylation sites (tertiary alicyclic amines) is 1. The van der Waals surface area contributed by atoms with Crippen LogP contribution in [0.3, 0.4) is 0 Å². The summed E-state index contributed by atoms with van der Waals surface area (Å²) in [6, 6.07) is 6.79. The van der Waals surface area contributed by atoms with Crippen molar-refractivity contribution in [1.82, 2.24) is 10.2 Å². The van der Waals surface area contributed by atoms with Crippen LogP contribution in [0.5, 0.6) is 0 Å². The number of amides is 1. The molecule has 1 saturated heterocycles. The van der Waals surface area contributed by atoms with E-state index in [9.17, 15) is 4.79 Å². The number of thiophene rings is 2. The third-order valence-corrected chi connectivity index (χ3v) is 6.59. The smallest absolute Gasteiger partial charge is 0.261 e. The molecule has 0 spiro atoms. The van der Waals surface area contributed by atoms with E-state index in [0.717, 1.165) is 37.4 Å². The molecular weight excluding hydrogens is 324 g/mol. The molecule has 0 aromatic carbocycles. The van der Waals surface area contributed by atoms with Crippen molar-refractivity contribution in [3.05, 3.63) is 44.3 Å². The molecule has 0 radical (unpaired) electrons. The number of carbonyl (C=O) groups is 1. The van der Waals surface area contributed by atoms with Crippen LogP contribution in [-0.4, -0.2) is 29.9 Å². The quantitative estimate of drug-likeness (QED) is 0.885. The first-order valence-corrected chi connectivity index (χ1v) is 10.2. The molecule has 23 heavy (non-hydrogen) atoms. The van der Waals surface area contributed by atoms with Crippen molar-refractivity contribution in [3.8, 4) is 0 Å². The molecule has 2 fully saturated rings. The number of piperidine rings is 1. The number of nitrogens with zero attached hydrogens (tertiary/aromatic N) is 1. The highest BCUT2D eigenvalue weighted by molar-refractivity contribution is 7.12. The van der Waals surface area contributed by atoms with Gasteiger partial charge in [-0.1, -0.05) is 6.07 Å². The number of nitrogens with one attached hydrogen (secondary N) is 1. The van der Waals surface area contributed by atoms with E-state index in [4.69, 9.17) is 0 Å². The van der Waals surface area contributed by atoms with Crippen molar-refractivity contribution >= 4 is 28.6 Å². The van der Waals surface area contributed by atoms with Crippen LogP contribution in [0.4, 0.5) is 0 Å². The van der Waals surface area contributed by atoms with E-state index in [1.165, 1.54) is 23.3 Å². The van der Waals surface area contributed by atoms with Gasteiger partial charge in [0.2, 0.25) is 0 Å². The topological polar surface area (TPSA) is 32.3 Å². The van der Waals surface area contributed by atoms with Gasteiger partial charge < -0.3 is 5.32 Å². The summed E-state index contributed by atoms with van der Waals surface area (Å²) < 4.78 is 0. The predicted molar refractivity (Wildman–Crippen MR) is 96.4 cm³/mol. The molecule has 0 bridgehead atoms. The molecule has 122 valence electrons. The summed E-state index contributed by atoms with van der Waals surface area (Å²) in [7, 11) is 0. The average Bonchev–Trinajstić information content (AvgIpc) is 3.07. The van der Waals surface area contributed by atoms with Crippen LogP contribution < -0.4 is 5.32 Å².